The van der Waals surface area contributed by atoms with E-state index in [4.69, 9.17) is 5.11 Å². The minimum atomic E-state index is 0.267. The summed E-state index contributed by atoms with van der Waals surface area (Å²) in [6, 6.07) is 0.693. The first kappa shape index (κ1) is 12.6. The Morgan fingerprint density at radius 2 is 2.18 bits per heavy atom. The van der Waals surface area contributed by atoms with Gasteiger partial charge in [0.05, 0.1) is 12.8 Å². The van der Waals surface area contributed by atoms with E-state index in [1.807, 2.05) is 17.9 Å². The van der Waals surface area contributed by atoms with Crippen LogP contribution in [0.3, 0.4) is 0 Å². The summed E-state index contributed by atoms with van der Waals surface area (Å²) in [5, 5.41) is 13.3. The average molecular weight is 237 g/mol. The van der Waals surface area contributed by atoms with Gasteiger partial charge in [0.1, 0.15) is 0 Å². The molecule has 0 saturated heterocycles. The maximum atomic E-state index is 9.14. The van der Waals surface area contributed by atoms with Gasteiger partial charge in [-0.05, 0) is 24.8 Å². The fourth-order valence-electron chi connectivity index (χ4n) is 2.75. The third kappa shape index (κ3) is 3.54. The van der Waals surface area contributed by atoms with Crippen LogP contribution in [0.15, 0.2) is 12.4 Å². The molecule has 1 saturated carbocycles. The van der Waals surface area contributed by atoms with Crippen molar-refractivity contribution in [3.8, 4) is 0 Å². The second-order valence-electron chi connectivity index (χ2n) is 4.97. The van der Waals surface area contributed by atoms with Gasteiger partial charge in [0.2, 0.25) is 0 Å². The zero-order valence-corrected chi connectivity index (χ0v) is 10.7. The van der Waals surface area contributed by atoms with Gasteiger partial charge in [-0.3, -0.25) is 9.58 Å². The summed E-state index contributed by atoms with van der Waals surface area (Å²) in [6.07, 6.45) is 10.3. The normalized spacial score (nSPS) is 17.1. The van der Waals surface area contributed by atoms with Crippen molar-refractivity contribution in [1.82, 2.24) is 14.7 Å². The Balaban J connectivity index is 1.84. The van der Waals surface area contributed by atoms with Crippen LogP contribution in [0.4, 0.5) is 0 Å². The van der Waals surface area contributed by atoms with Gasteiger partial charge in [-0.1, -0.05) is 12.8 Å². The summed E-state index contributed by atoms with van der Waals surface area (Å²) >= 11 is 0. The highest BCUT2D eigenvalue weighted by atomic mass is 16.3. The lowest BCUT2D eigenvalue weighted by atomic mass is 10.1. The Bertz CT molecular complexity index is 331. The number of aliphatic hydroxyl groups excluding tert-OH is 1. The summed E-state index contributed by atoms with van der Waals surface area (Å²) in [6.45, 7) is 2.12. The smallest absolute Gasteiger partial charge is 0.0558 e. The molecular formula is C13H23N3O. The van der Waals surface area contributed by atoms with Gasteiger partial charge in [0.15, 0.2) is 0 Å². The Morgan fingerprint density at radius 3 is 2.76 bits per heavy atom. The molecule has 0 amide bonds. The molecule has 1 N–H and O–H groups in total. The van der Waals surface area contributed by atoms with E-state index in [0.717, 1.165) is 19.5 Å². The first-order chi connectivity index (χ1) is 8.29. The van der Waals surface area contributed by atoms with Crippen LogP contribution in [-0.2, 0) is 13.5 Å². The van der Waals surface area contributed by atoms with Crippen molar-refractivity contribution in [3.63, 3.8) is 0 Å². The van der Waals surface area contributed by atoms with Gasteiger partial charge in [-0.2, -0.15) is 5.10 Å². The van der Waals surface area contributed by atoms with E-state index in [9.17, 15) is 0 Å². The van der Waals surface area contributed by atoms with Crippen molar-refractivity contribution >= 4 is 0 Å². The SMILES string of the molecule is Cn1cc(CCN(CCO)C2CCCC2)cn1. The van der Waals surface area contributed by atoms with Gasteiger partial charge >= 0.3 is 0 Å². The molecule has 1 aliphatic rings. The Morgan fingerprint density at radius 1 is 1.41 bits per heavy atom. The molecule has 96 valence electrons. The second kappa shape index (κ2) is 6.17. The molecule has 0 unspecified atom stereocenters. The minimum Gasteiger partial charge on any atom is -0.395 e. The predicted molar refractivity (Wildman–Crippen MR) is 67.8 cm³/mol. The van der Waals surface area contributed by atoms with Crippen LogP contribution in [0, 0.1) is 0 Å². The number of rotatable bonds is 6. The topological polar surface area (TPSA) is 41.3 Å². The monoisotopic (exact) mass is 237 g/mol. The third-order valence-corrected chi connectivity index (χ3v) is 3.67. The Labute approximate surface area is 103 Å². The highest BCUT2D eigenvalue weighted by molar-refractivity contribution is 5.04. The number of hydrogen-bond donors (Lipinski definition) is 1. The maximum absolute atomic E-state index is 9.14. The number of aryl methyl sites for hydroxylation is 1. The quantitative estimate of drug-likeness (QED) is 0.808. The predicted octanol–water partition coefficient (Wildman–Crippen LogP) is 1.20. The Hall–Kier alpha value is -0.870. The van der Waals surface area contributed by atoms with Crippen molar-refractivity contribution in [2.75, 3.05) is 19.7 Å². The third-order valence-electron chi connectivity index (χ3n) is 3.67. The van der Waals surface area contributed by atoms with E-state index >= 15 is 0 Å². The van der Waals surface area contributed by atoms with Crippen LogP contribution in [0.1, 0.15) is 31.2 Å². The molecule has 0 atom stereocenters. The van der Waals surface area contributed by atoms with E-state index in [0.29, 0.717) is 6.04 Å². The van der Waals surface area contributed by atoms with Gasteiger partial charge < -0.3 is 5.11 Å². The molecule has 0 spiro atoms. The molecular weight excluding hydrogens is 214 g/mol. The number of aromatic nitrogens is 2. The summed E-state index contributed by atoms with van der Waals surface area (Å²) in [7, 11) is 1.95. The Kier molecular flexibility index (Phi) is 4.57. The van der Waals surface area contributed by atoms with Gasteiger partial charge in [0, 0.05) is 32.4 Å². The first-order valence-corrected chi connectivity index (χ1v) is 6.62. The van der Waals surface area contributed by atoms with Gasteiger partial charge in [-0.15, -0.1) is 0 Å². The van der Waals surface area contributed by atoms with E-state index in [-0.39, 0.29) is 6.61 Å². The van der Waals surface area contributed by atoms with Gasteiger partial charge in [-0.25, -0.2) is 0 Å². The van der Waals surface area contributed by atoms with Crippen molar-refractivity contribution in [3.05, 3.63) is 18.0 Å². The van der Waals surface area contributed by atoms with Crippen LogP contribution in [0.2, 0.25) is 0 Å². The number of nitrogens with zero attached hydrogens (tertiary/aromatic N) is 3. The van der Waals surface area contributed by atoms with Crippen LogP contribution in [0.5, 0.6) is 0 Å². The molecule has 17 heavy (non-hydrogen) atoms. The molecule has 4 heteroatoms. The average Bonchev–Trinajstić information content (AvgIpc) is 2.95. The van der Waals surface area contributed by atoms with Crippen molar-refractivity contribution in [2.24, 2.45) is 7.05 Å². The van der Waals surface area contributed by atoms with E-state index in [1.54, 1.807) is 0 Å². The second-order valence-corrected chi connectivity index (χ2v) is 4.97. The van der Waals surface area contributed by atoms with Crippen LogP contribution < -0.4 is 0 Å². The zero-order valence-electron chi connectivity index (χ0n) is 10.7. The van der Waals surface area contributed by atoms with Crippen LogP contribution >= 0.6 is 0 Å². The minimum absolute atomic E-state index is 0.267. The zero-order chi connectivity index (χ0) is 12.1. The highest BCUT2D eigenvalue weighted by Crippen LogP contribution is 2.23. The molecule has 0 bridgehead atoms. The highest BCUT2D eigenvalue weighted by Gasteiger charge is 2.21. The number of hydrogen-bond acceptors (Lipinski definition) is 3. The summed E-state index contributed by atoms with van der Waals surface area (Å²) < 4.78 is 1.85. The molecule has 1 heterocycles. The summed E-state index contributed by atoms with van der Waals surface area (Å²) in [4.78, 5) is 2.44. The van der Waals surface area contributed by atoms with Crippen molar-refractivity contribution in [2.45, 2.75) is 38.1 Å². The molecule has 1 aliphatic carbocycles. The molecule has 0 aliphatic heterocycles. The largest absolute Gasteiger partial charge is 0.395 e. The fraction of sp³-hybridized carbons (Fsp3) is 0.769. The summed E-state index contributed by atoms with van der Waals surface area (Å²) in [5.74, 6) is 0. The molecule has 1 fully saturated rings. The molecule has 0 radical (unpaired) electrons. The number of aliphatic hydroxyl groups is 1. The summed E-state index contributed by atoms with van der Waals surface area (Å²) in [5.41, 5.74) is 1.29. The molecule has 4 nitrogen and oxygen atoms in total. The van der Waals surface area contributed by atoms with E-state index < -0.39 is 0 Å². The van der Waals surface area contributed by atoms with Crippen LogP contribution in [-0.4, -0.2) is 45.5 Å². The molecule has 2 rings (SSSR count). The van der Waals surface area contributed by atoms with Crippen LogP contribution in [0.25, 0.3) is 0 Å². The lowest BCUT2D eigenvalue weighted by molar-refractivity contribution is 0.153. The molecule has 1 aromatic rings. The van der Waals surface area contributed by atoms with Crippen molar-refractivity contribution < 1.29 is 5.11 Å². The van der Waals surface area contributed by atoms with E-state index in [2.05, 4.69) is 16.2 Å². The van der Waals surface area contributed by atoms with E-state index in [1.165, 1.54) is 31.2 Å². The first-order valence-electron chi connectivity index (χ1n) is 6.62. The lowest BCUT2D eigenvalue weighted by Crippen LogP contribution is -2.37. The van der Waals surface area contributed by atoms with Gasteiger partial charge in [0.25, 0.3) is 0 Å². The lowest BCUT2D eigenvalue weighted by Gasteiger charge is -2.27. The standard InChI is InChI=1S/C13H23N3O/c1-15-11-12(10-14-15)6-7-16(8-9-17)13-4-2-3-5-13/h10-11,13,17H,2-9H2,1H3. The fourth-order valence-corrected chi connectivity index (χ4v) is 2.75. The van der Waals surface area contributed by atoms with Crippen molar-refractivity contribution in [1.29, 1.82) is 0 Å². The maximum Gasteiger partial charge on any atom is 0.0558 e. The molecule has 0 aromatic carbocycles. The molecule has 1 aromatic heterocycles.